The van der Waals surface area contributed by atoms with Gasteiger partial charge in [0.05, 0.1) is 0 Å². The number of carboxylic acid groups (broad SMARTS) is 1. The van der Waals surface area contributed by atoms with Gasteiger partial charge in [0.25, 0.3) is 0 Å². The number of amides is 1. The van der Waals surface area contributed by atoms with Crippen molar-refractivity contribution in [2.24, 2.45) is 0 Å². The third-order valence-corrected chi connectivity index (χ3v) is 2.91. The first-order chi connectivity index (χ1) is 9.66. The third-order valence-electron chi connectivity index (χ3n) is 2.29. The highest BCUT2D eigenvalue weighted by molar-refractivity contribution is 8.04. The van der Waals surface area contributed by atoms with E-state index in [4.69, 9.17) is 9.84 Å². The van der Waals surface area contributed by atoms with E-state index in [0.717, 1.165) is 10.5 Å². The number of hydrogen-bond donors (Lipinski definition) is 1. The van der Waals surface area contributed by atoms with E-state index in [2.05, 4.69) is 4.74 Å². The molecular weight excluding hydrogens is 282 g/mol. The predicted octanol–water partition coefficient (Wildman–Crippen LogP) is 3.34. The Morgan fingerprint density at radius 2 is 2.00 bits per heavy atom. The molecule has 1 N–H and O–H groups in total. The SMILES string of the molecule is O=C(O)OC1=CSC=CN1C(=O)OCc1ccccc1. The molecular formula is C13H11NO5S. The average Bonchev–Trinajstić information content (AvgIpc) is 2.46. The molecule has 1 aromatic rings. The van der Waals surface area contributed by atoms with Crippen molar-refractivity contribution >= 4 is 24.0 Å². The van der Waals surface area contributed by atoms with Crippen molar-refractivity contribution in [2.45, 2.75) is 6.61 Å². The monoisotopic (exact) mass is 293 g/mol. The topological polar surface area (TPSA) is 76.1 Å². The predicted molar refractivity (Wildman–Crippen MR) is 72.4 cm³/mol. The van der Waals surface area contributed by atoms with E-state index >= 15 is 0 Å². The molecule has 0 atom stereocenters. The highest BCUT2D eigenvalue weighted by Crippen LogP contribution is 2.22. The number of thioether (sulfide) groups is 1. The summed E-state index contributed by atoms with van der Waals surface area (Å²) in [4.78, 5) is 23.4. The summed E-state index contributed by atoms with van der Waals surface area (Å²) in [5.41, 5.74) is 0.834. The Labute approximate surface area is 119 Å². The van der Waals surface area contributed by atoms with Crippen LogP contribution in [0.25, 0.3) is 0 Å². The van der Waals surface area contributed by atoms with Crippen molar-refractivity contribution in [1.82, 2.24) is 4.90 Å². The fraction of sp³-hybridized carbons (Fsp3) is 0.0769. The van der Waals surface area contributed by atoms with Gasteiger partial charge in [0.2, 0.25) is 5.88 Å². The van der Waals surface area contributed by atoms with Crippen LogP contribution in [0.5, 0.6) is 0 Å². The highest BCUT2D eigenvalue weighted by atomic mass is 32.2. The summed E-state index contributed by atoms with van der Waals surface area (Å²) in [5.74, 6) is -0.108. The summed E-state index contributed by atoms with van der Waals surface area (Å²) in [6.07, 6.45) is -0.818. The van der Waals surface area contributed by atoms with Crippen LogP contribution in [0.2, 0.25) is 0 Å². The van der Waals surface area contributed by atoms with Crippen LogP contribution in [0.4, 0.5) is 9.59 Å². The molecule has 0 radical (unpaired) electrons. The third kappa shape index (κ3) is 3.79. The molecule has 0 aromatic heterocycles. The van der Waals surface area contributed by atoms with Gasteiger partial charge in [-0.1, -0.05) is 42.1 Å². The first-order valence-corrected chi connectivity index (χ1v) is 6.54. The summed E-state index contributed by atoms with van der Waals surface area (Å²) < 4.78 is 9.60. The summed E-state index contributed by atoms with van der Waals surface area (Å²) in [7, 11) is 0. The van der Waals surface area contributed by atoms with Crippen molar-refractivity contribution < 1.29 is 24.2 Å². The number of nitrogens with zero attached hydrogens (tertiary/aromatic N) is 1. The van der Waals surface area contributed by atoms with Gasteiger partial charge in [0.15, 0.2) is 0 Å². The number of carbonyl (C=O) groups excluding carboxylic acids is 1. The number of rotatable bonds is 3. The van der Waals surface area contributed by atoms with Crippen LogP contribution in [-0.4, -0.2) is 22.3 Å². The van der Waals surface area contributed by atoms with Gasteiger partial charge >= 0.3 is 12.2 Å². The summed E-state index contributed by atoms with van der Waals surface area (Å²) in [6, 6.07) is 9.16. The Balaban J connectivity index is 1.96. The van der Waals surface area contributed by atoms with Crippen LogP contribution in [0.15, 0.2) is 53.2 Å². The van der Waals surface area contributed by atoms with E-state index in [-0.39, 0.29) is 12.5 Å². The van der Waals surface area contributed by atoms with Gasteiger partial charge in [-0.2, -0.15) is 0 Å². The summed E-state index contributed by atoms with van der Waals surface area (Å²) >= 11 is 1.20. The van der Waals surface area contributed by atoms with Crippen LogP contribution in [0.1, 0.15) is 5.56 Å². The van der Waals surface area contributed by atoms with Crippen molar-refractivity contribution in [3.8, 4) is 0 Å². The molecule has 1 aliphatic rings. The lowest BCUT2D eigenvalue weighted by molar-refractivity contribution is 0.0785. The maximum Gasteiger partial charge on any atom is 0.512 e. The van der Waals surface area contributed by atoms with Crippen LogP contribution in [-0.2, 0) is 16.1 Å². The Hall–Kier alpha value is -2.41. The second-order valence-corrected chi connectivity index (χ2v) is 4.44. The van der Waals surface area contributed by atoms with Gasteiger partial charge in [-0.25, -0.2) is 14.5 Å². The summed E-state index contributed by atoms with van der Waals surface area (Å²) in [5, 5.41) is 11.6. The quantitative estimate of drug-likeness (QED) is 0.861. The van der Waals surface area contributed by atoms with Crippen LogP contribution < -0.4 is 0 Å². The molecule has 1 heterocycles. The van der Waals surface area contributed by atoms with Crippen LogP contribution in [0.3, 0.4) is 0 Å². The molecule has 0 unspecified atom stereocenters. The Bertz CT molecular complexity index is 555. The van der Waals surface area contributed by atoms with E-state index in [9.17, 15) is 9.59 Å². The number of hydrogen-bond acceptors (Lipinski definition) is 5. The molecule has 6 nitrogen and oxygen atoms in total. The number of ether oxygens (including phenoxy) is 2. The highest BCUT2D eigenvalue weighted by Gasteiger charge is 2.22. The molecule has 1 amide bonds. The molecule has 0 bridgehead atoms. The lowest BCUT2D eigenvalue weighted by atomic mass is 10.2. The summed E-state index contributed by atoms with van der Waals surface area (Å²) in [6.45, 7) is 0.0947. The van der Waals surface area contributed by atoms with Gasteiger partial charge in [-0.3, -0.25) is 0 Å². The molecule has 1 aromatic carbocycles. The largest absolute Gasteiger partial charge is 0.512 e. The molecule has 1 aliphatic heterocycles. The van der Waals surface area contributed by atoms with E-state index in [1.54, 1.807) is 5.41 Å². The minimum absolute atomic E-state index is 0.0947. The molecule has 0 saturated carbocycles. The minimum atomic E-state index is -1.49. The maximum absolute atomic E-state index is 11.9. The zero-order valence-corrected chi connectivity index (χ0v) is 11.1. The van der Waals surface area contributed by atoms with Gasteiger partial charge in [0.1, 0.15) is 6.61 Å². The molecule has 2 rings (SSSR count). The first kappa shape index (κ1) is 14.0. The average molecular weight is 293 g/mol. The van der Waals surface area contributed by atoms with Crippen LogP contribution in [0, 0.1) is 0 Å². The smallest absolute Gasteiger partial charge is 0.449 e. The van der Waals surface area contributed by atoms with Crippen molar-refractivity contribution in [3.63, 3.8) is 0 Å². The second kappa shape index (κ2) is 6.67. The maximum atomic E-state index is 11.9. The standard InChI is InChI=1S/C13H11NO5S/c15-12(18-8-10-4-2-1-3-5-10)14-6-7-20-9-11(14)19-13(16)17/h1-7,9H,8H2,(H,16,17). The zero-order chi connectivity index (χ0) is 14.4. The lowest BCUT2D eigenvalue weighted by Crippen LogP contribution is -2.28. The van der Waals surface area contributed by atoms with Crippen LogP contribution >= 0.6 is 11.8 Å². The second-order valence-electron chi connectivity index (χ2n) is 3.66. The van der Waals surface area contributed by atoms with Gasteiger partial charge in [-0.05, 0) is 11.0 Å². The number of benzene rings is 1. The lowest BCUT2D eigenvalue weighted by Gasteiger charge is -2.21. The van der Waals surface area contributed by atoms with Gasteiger partial charge < -0.3 is 14.6 Å². The molecule has 0 spiro atoms. The van der Waals surface area contributed by atoms with E-state index in [1.165, 1.54) is 23.4 Å². The molecule has 7 heteroatoms. The molecule has 0 aliphatic carbocycles. The van der Waals surface area contributed by atoms with Gasteiger partial charge in [-0.15, -0.1) is 0 Å². The first-order valence-electron chi connectivity index (χ1n) is 5.60. The fourth-order valence-corrected chi connectivity index (χ4v) is 1.97. The van der Waals surface area contributed by atoms with E-state index in [1.807, 2.05) is 30.3 Å². The molecule has 0 saturated heterocycles. The Kier molecular flexibility index (Phi) is 4.67. The molecule has 20 heavy (non-hydrogen) atoms. The number of carbonyl (C=O) groups is 2. The molecule has 104 valence electrons. The normalized spacial score (nSPS) is 13.6. The fourth-order valence-electron chi connectivity index (χ4n) is 1.43. The van der Waals surface area contributed by atoms with Crippen molar-refractivity contribution in [3.05, 3.63) is 58.8 Å². The zero-order valence-electron chi connectivity index (χ0n) is 10.3. The van der Waals surface area contributed by atoms with Gasteiger partial charge in [0, 0.05) is 11.6 Å². The molecule has 0 fully saturated rings. The van der Waals surface area contributed by atoms with E-state index < -0.39 is 12.2 Å². The van der Waals surface area contributed by atoms with Crippen molar-refractivity contribution in [1.29, 1.82) is 0 Å². The Morgan fingerprint density at radius 1 is 1.25 bits per heavy atom. The van der Waals surface area contributed by atoms with E-state index in [0.29, 0.717) is 0 Å². The minimum Gasteiger partial charge on any atom is -0.449 e. The van der Waals surface area contributed by atoms with Crippen molar-refractivity contribution in [2.75, 3.05) is 0 Å². The Morgan fingerprint density at radius 3 is 2.70 bits per heavy atom.